The van der Waals surface area contributed by atoms with Gasteiger partial charge in [-0.3, -0.25) is 0 Å². The van der Waals surface area contributed by atoms with Crippen LogP contribution in [0.25, 0.3) is 82.8 Å². The monoisotopic (exact) mass is 764 g/mol. The van der Waals surface area contributed by atoms with Gasteiger partial charge in [0.25, 0.3) is 0 Å². The lowest BCUT2D eigenvalue weighted by molar-refractivity contribution is 1.14. The smallest absolute Gasteiger partial charge is 0.0619 e. The number of hydrogen-bond acceptors (Lipinski definition) is 1. The van der Waals surface area contributed by atoms with Crippen molar-refractivity contribution in [1.29, 1.82) is 0 Å². The van der Waals surface area contributed by atoms with Crippen molar-refractivity contribution in [2.45, 2.75) is 0 Å². The van der Waals surface area contributed by atoms with Gasteiger partial charge in [-0.25, -0.2) is 0 Å². The third kappa shape index (κ3) is 6.32. The zero-order valence-electron chi connectivity index (χ0n) is 33.0. The molecular weight excluding hydrogens is 725 g/mol. The molecular formula is C58H40N2. The summed E-state index contributed by atoms with van der Waals surface area (Å²) in [6.07, 6.45) is 0. The van der Waals surface area contributed by atoms with Crippen molar-refractivity contribution in [2.75, 3.05) is 4.90 Å². The van der Waals surface area contributed by atoms with E-state index in [1.807, 2.05) is 0 Å². The minimum Gasteiger partial charge on any atom is -0.311 e. The maximum Gasteiger partial charge on any atom is 0.0619 e. The number of nitrogens with zero attached hydrogens (tertiary/aromatic N) is 2. The summed E-state index contributed by atoms with van der Waals surface area (Å²) in [5.74, 6) is 0. The van der Waals surface area contributed by atoms with Gasteiger partial charge in [0.15, 0.2) is 0 Å². The molecule has 0 radical (unpaired) electrons. The third-order valence-electron chi connectivity index (χ3n) is 11.8. The minimum absolute atomic E-state index is 1.09. The van der Waals surface area contributed by atoms with Crippen LogP contribution in [0.4, 0.5) is 17.1 Å². The molecule has 0 saturated carbocycles. The van der Waals surface area contributed by atoms with Crippen molar-refractivity contribution in [3.63, 3.8) is 0 Å². The molecule has 10 aromatic carbocycles. The lowest BCUT2D eigenvalue weighted by atomic mass is 9.96. The summed E-state index contributed by atoms with van der Waals surface area (Å²) in [5, 5.41) is 6.18. The van der Waals surface area contributed by atoms with E-state index in [9.17, 15) is 0 Å². The van der Waals surface area contributed by atoms with Crippen LogP contribution < -0.4 is 4.90 Å². The Morgan fingerprint density at radius 1 is 0.283 bits per heavy atom. The van der Waals surface area contributed by atoms with Crippen molar-refractivity contribution in [1.82, 2.24) is 4.57 Å². The second kappa shape index (κ2) is 15.1. The first kappa shape index (κ1) is 35.2. The van der Waals surface area contributed by atoms with Crippen LogP contribution in [0.2, 0.25) is 0 Å². The summed E-state index contributed by atoms with van der Waals surface area (Å²) in [4.78, 5) is 2.36. The van der Waals surface area contributed by atoms with Crippen molar-refractivity contribution >= 4 is 49.5 Å². The first-order valence-corrected chi connectivity index (χ1v) is 20.6. The Labute approximate surface area is 350 Å². The Morgan fingerprint density at radius 3 is 1.37 bits per heavy atom. The van der Waals surface area contributed by atoms with Gasteiger partial charge >= 0.3 is 0 Å². The van der Waals surface area contributed by atoms with Crippen molar-refractivity contribution in [3.05, 3.63) is 243 Å². The summed E-state index contributed by atoms with van der Waals surface area (Å²) in [7, 11) is 0. The van der Waals surface area contributed by atoms with Gasteiger partial charge in [0.1, 0.15) is 0 Å². The van der Waals surface area contributed by atoms with Gasteiger partial charge in [0.2, 0.25) is 0 Å². The van der Waals surface area contributed by atoms with Crippen LogP contribution in [0.3, 0.4) is 0 Å². The molecule has 0 saturated heterocycles. The van der Waals surface area contributed by atoms with Crippen LogP contribution in [-0.2, 0) is 0 Å². The number of rotatable bonds is 8. The maximum atomic E-state index is 2.47. The quantitative estimate of drug-likeness (QED) is 0.150. The van der Waals surface area contributed by atoms with Crippen LogP contribution in [-0.4, -0.2) is 4.57 Å². The second-order valence-electron chi connectivity index (χ2n) is 15.3. The highest BCUT2D eigenvalue weighted by Crippen LogP contribution is 2.46. The number of anilines is 3. The predicted molar refractivity (Wildman–Crippen MR) is 255 cm³/mol. The molecule has 0 atom stereocenters. The highest BCUT2D eigenvalue weighted by molar-refractivity contribution is 6.16. The molecule has 60 heavy (non-hydrogen) atoms. The van der Waals surface area contributed by atoms with Crippen LogP contribution >= 0.6 is 0 Å². The predicted octanol–water partition coefficient (Wildman–Crippen LogP) is 16.1. The van der Waals surface area contributed by atoms with Crippen LogP contribution in [0.1, 0.15) is 0 Å². The van der Waals surface area contributed by atoms with E-state index in [1.165, 1.54) is 77.1 Å². The zero-order valence-corrected chi connectivity index (χ0v) is 33.0. The molecule has 2 nitrogen and oxygen atoms in total. The van der Waals surface area contributed by atoms with Crippen molar-refractivity contribution in [2.24, 2.45) is 0 Å². The molecule has 1 aromatic heterocycles. The molecule has 282 valence electrons. The molecule has 11 aromatic rings. The molecule has 11 rings (SSSR count). The molecule has 0 amide bonds. The van der Waals surface area contributed by atoms with Crippen molar-refractivity contribution in [3.8, 4) is 50.3 Å². The number of aromatic nitrogens is 1. The third-order valence-corrected chi connectivity index (χ3v) is 11.8. The van der Waals surface area contributed by atoms with E-state index < -0.39 is 0 Å². The SMILES string of the molecule is c1ccc(-c2ccc(N(c3ccc(-c4ccc5ccccc5c4)cc3)c3ccc(-c4c(-c5ccccc5)n(-c5ccccc5)c5c4ccc4ccccc45)cc3)cc2)cc1. The van der Waals surface area contributed by atoms with E-state index in [4.69, 9.17) is 0 Å². The van der Waals surface area contributed by atoms with Crippen LogP contribution in [0.5, 0.6) is 0 Å². The van der Waals surface area contributed by atoms with E-state index in [1.54, 1.807) is 0 Å². The summed E-state index contributed by atoms with van der Waals surface area (Å²) in [5.41, 5.74) is 15.2. The highest BCUT2D eigenvalue weighted by Gasteiger charge is 2.23. The summed E-state index contributed by atoms with van der Waals surface area (Å²) >= 11 is 0. The molecule has 0 fully saturated rings. The maximum absolute atomic E-state index is 2.47. The first-order valence-electron chi connectivity index (χ1n) is 20.6. The fraction of sp³-hybridized carbons (Fsp3) is 0. The van der Waals surface area contributed by atoms with Crippen molar-refractivity contribution < 1.29 is 0 Å². The van der Waals surface area contributed by atoms with E-state index in [0.29, 0.717) is 0 Å². The summed E-state index contributed by atoms with van der Waals surface area (Å²) in [6.45, 7) is 0. The Morgan fingerprint density at radius 2 is 0.733 bits per heavy atom. The molecule has 0 aliphatic rings. The van der Waals surface area contributed by atoms with Gasteiger partial charge in [-0.15, -0.1) is 0 Å². The normalized spacial score (nSPS) is 11.3. The zero-order chi connectivity index (χ0) is 39.8. The summed E-state index contributed by atoms with van der Waals surface area (Å²) < 4.78 is 2.47. The molecule has 0 aliphatic heterocycles. The first-order chi connectivity index (χ1) is 29.8. The lowest BCUT2D eigenvalue weighted by Crippen LogP contribution is -2.09. The molecule has 0 spiro atoms. The van der Waals surface area contributed by atoms with Crippen LogP contribution in [0.15, 0.2) is 243 Å². The van der Waals surface area contributed by atoms with Gasteiger partial charge in [-0.1, -0.05) is 188 Å². The number of para-hydroxylation sites is 1. The highest BCUT2D eigenvalue weighted by atomic mass is 15.1. The second-order valence-corrected chi connectivity index (χ2v) is 15.3. The lowest BCUT2D eigenvalue weighted by Gasteiger charge is -2.26. The molecule has 2 heteroatoms. The van der Waals surface area contributed by atoms with E-state index in [-0.39, 0.29) is 0 Å². The van der Waals surface area contributed by atoms with Gasteiger partial charge in [0, 0.05) is 39.1 Å². The van der Waals surface area contributed by atoms with E-state index >= 15 is 0 Å². The fourth-order valence-corrected chi connectivity index (χ4v) is 8.88. The molecule has 0 bridgehead atoms. The molecule has 0 aliphatic carbocycles. The Hall–Kier alpha value is -7.94. The largest absolute Gasteiger partial charge is 0.311 e. The van der Waals surface area contributed by atoms with Gasteiger partial charge in [-0.05, 0) is 104 Å². The van der Waals surface area contributed by atoms with Gasteiger partial charge in [-0.2, -0.15) is 0 Å². The number of benzene rings is 10. The van der Waals surface area contributed by atoms with Crippen LogP contribution in [0, 0.1) is 0 Å². The number of fused-ring (bicyclic) bond motifs is 4. The minimum atomic E-state index is 1.09. The average Bonchev–Trinajstić information content (AvgIpc) is 3.69. The standard InChI is InChI=1S/C58H40N2/c1-4-14-41(15-5-1)43-26-33-51(34-27-43)59(52-35-28-44(29-36-52)49-25-24-42-16-10-11-20-48(42)40-49)53-37-30-46(31-38-53)56-55-39-32-45-17-12-13-23-54(45)58(55)60(50-21-8-3-9-22-50)57(56)47-18-6-2-7-19-47/h1-40H. The Bertz CT molecular complexity index is 3260. The van der Waals surface area contributed by atoms with Gasteiger partial charge < -0.3 is 9.47 Å². The average molecular weight is 765 g/mol. The molecule has 0 unspecified atom stereocenters. The Kier molecular flexibility index (Phi) is 8.87. The van der Waals surface area contributed by atoms with E-state index in [2.05, 4.69) is 252 Å². The molecule has 0 N–H and O–H groups in total. The fourth-order valence-electron chi connectivity index (χ4n) is 8.88. The summed E-state index contributed by atoms with van der Waals surface area (Å²) in [6, 6.07) is 87.8. The van der Waals surface area contributed by atoms with Gasteiger partial charge in [0.05, 0.1) is 11.2 Å². The number of hydrogen-bond donors (Lipinski definition) is 0. The van der Waals surface area contributed by atoms with E-state index in [0.717, 1.165) is 22.7 Å². The molecule has 1 heterocycles. The Balaban J connectivity index is 1.06. The topological polar surface area (TPSA) is 8.17 Å².